The summed E-state index contributed by atoms with van der Waals surface area (Å²) >= 11 is 0. The summed E-state index contributed by atoms with van der Waals surface area (Å²) in [6.07, 6.45) is 0. The summed E-state index contributed by atoms with van der Waals surface area (Å²) in [7, 11) is 1.77. The van der Waals surface area contributed by atoms with Crippen LogP contribution < -0.4 is 0 Å². The number of aryl methyl sites for hydroxylation is 1. The molecule has 0 amide bonds. The highest BCUT2D eigenvalue weighted by atomic mass is 16.5. The second-order valence-electron chi connectivity index (χ2n) is 5.39. The van der Waals surface area contributed by atoms with E-state index >= 15 is 0 Å². The van der Waals surface area contributed by atoms with Gasteiger partial charge in [-0.15, -0.1) is 0 Å². The van der Waals surface area contributed by atoms with Crippen LogP contribution in [0.15, 0.2) is 30.3 Å². The van der Waals surface area contributed by atoms with Crippen LogP contribution in [0.25, 0.3) is 11.3 Å². The fourth-order valence-corrected chi connectivity index (χ4v) is 2.73. The van der Waals surface area contributed by atoms with Crippen molar-refractivity contribution in [2.45, 2.75) is 6.54 Å². The largest absolute Gasteiger partial charge is 0.476 e. The lowest BCUT2D eigenvalue weighted by Gasteiger charge is -2.27. The third-order valence-electron chi connectivity index (χ3n) is 3.89. The molecule has 1 aromatic heterocycles. The van der Waals surface area contributed by atoms with Gasteiger partial charge in [-0.25, -0.2) is 4.79 Å². The number of carboxylic acid groups (broad SMARTS) is 1. The number of aromatic nitrogens is 2. The van der Waals surface area contributed by atoms with Crippen molar-refractivity contribution < 1.29 is 14.6 Å². The predicted octanol–water partition coefficient (Wildman–Crippen LogP) is 1.62. The molecule has 1 N–H and O–H groups in total. The topological polar surface area (TPSA) is 67.6 Å². The molecule has 1 aliphatic rings. The number of aromatic carboxylic acids is 1. The van der Waals surface area contributed by atoms with Gasteiger partial charge in [-0.05, 0) is 11.6 Å². The molecule has 116 valence electrons. The molecule has 6 nitrogen and oxygen atoms in total. The Balaban J connectivity index is 1.92. The summed E-state index contributed by atoms with van der Waals surface area (Å²) in [6.45, 7) is 4.18. The summed E-state index contributed by atoms with van der Waals surface area (Å²) in [6, 6.07) is 9.69. The maximum atomic E-state index is 11.1. The minimum absolute atomic E-state index is 0.0682. The normalized spacial score (nSPS) is 15.9. The maximum Gasteiger partial charge on any atom is 0.356 e. The summed E-state index contributed by atoms with van der Waals surface area (Å²) in [5.74, 6) is -1.01. The van der Waals surface area contributed by atoms with Crippen LogP contribution in [0, 0.1) is 0 Å². The van der Waals surface area contributed by atoms with Crippen molar-refractivity contribution in [3.05, 3.63) is 41.6 Å². The van der Waals surface area contributed by atoms with Crippen LogP contribution in [-0.2, 0) is 18.3 Å². The van der Waals surface area contributed by atoms with Gasteiger partial charge in [0.2, 0.25) is 0 Å². The number of rotatable bonds is 4. The number of hydrogen-bond donors (Lipinski definition) is 1. The average Bonchev–Trinajstić information content (AvgIpc) is 2.91. The van der Waals surface area contributed by atoms with Crippen LogP contribution in [0.5, 0.6) is 0 Å². The summed E-state index contributed by atoms with van der Waals surface area (Å²) < 4.78 is 7.01. The molecule has 1 saturated heterocycles. The Kier molecular flexibility index (Phi) is 4.22. The van der Waals surface area contributed by atoms with E-state index in [0.29, 0.717) is 0 Å². The van der Waals surface area contributed by atoms with E-state index in [9.17, 15) is 4.79 Å². The number of carbonyl (C=O) groups is 1. The molecule has 3 rings (SSSR count). The van der Waals surface area contributed by atoms with Gasteiger partial charge in [0.05, 0.1) is 18.9 Å². The Bertz CT molecular complexity index is 675. The molecule has 0 aliphatic carbocycles. The standard InChI is InChI=1S/C16H19N3O3/c1-18-15(10-14(17-18)16(20)21)13-5-3-2-4-12(13)11-19-6-8-22-9-7-19/h2-5,10H,6-9,11H2,1H3,(H,20,21). The third kappa shape index (κ3) is 3.03. The van der Waals surface area contributed by atoms with E-state index in [-0.39, 0.29) is 5.69 Å². The molecule has 0 saturated carbocycles. The maximum absolute atomic E-state index is 11.1. The van der Waals surface area contributed by atoms with E-state index in [0.717, 1.165) is 44.1 Å². The minimum atomic E-state index is -1.01. The zero-order valence-electron chi connectivity index (χ0n) is 12.5. The van der Waals surface area contributed by atoms with Crippen molar-refractivity contribution in [3.8, 4) is 11.3 Å². The first-order valence-electron chi connectivity index (χ1n) is 7.31. The highest BCUT2D eigenvalue weighted by molar-refractivity contribution is 5.87. The van der Waals surface area contributed by atoms with Gasteiger partial charge in [0.25, 0.3) is 0 Å². The number of carboxylic acids is 1. The number of hydrogen-bond acceptors (Lipinski definition) is 4. The fraction of sp³-hybridized carbons (Fsp3) is 0.375. The van der Waals surface area contributed by atoms with Crippen molar-refractivity contribution in [2.24, 2.45) is 7.05 Å². The molecule has 0 atom stereocenters. The Morgan fingerprint density at radius 1 is 1.32 bits per heavy atom. The van der Waals surface area contributed by atoms with E-state index < -0.39 is 5.97 Å². The van der Waals surface area contributed by atoms with Crippen LogP contribution in [0.1, 0.15) is 16.1 Å². The van der Waals surface area contributed by atoms with Gasteiger partial charge in [0.1, 0.15) is 0 Å². The lowest BCUT2D eigenvalue weighted by atomic mass is 10.0. The summed E-state index contributed by atoms with van der Waals surface area (Å²) in [4.78, 5) is 13.4. The van der Waals surface area contributed by atoms with E-state index in [1.165, 1.54) is 5.56 Å². The third-order valence-corrected chi connectivity index (χ3v) is 3.89. The van der Waals surface area contributed by atoms with Crippen molar-refractivity contribution in [3.63, 3.8) is 0 Å². The van der Waals surface area contributed by atoms with Gasteiger partial charge < -0.3 is 9.84 Å². The molecule has 2 heterocycles. The number of ether oxygens (including phenoxy) is 1. The number of benzene rings is 1. The molecule has 22 heavy (non-hydrogen) atoms. The zero-order chi connectivity index (χ0) is 15.5. The smallest absolute Gasteiger partial charge is 0.356 e. The Morgan fingerprint density at radius 3 is 2.73 bits per heavy atom. The zero-order valence-corrected chi connectivity index (χ0v) is 12.5. The van der Waals surface area contributed by atoms with Gasteiger partial charge in [-0.1, -0.05) is 24.3 Å². The summed E-state index contributed by atoms with van der Waals surface area (Å²) in [5.41, 5.74) is 3.08. The number of nitrogens with zero attached hydrogens (tertiary/aromatic N) is 3. The van der Waals surface area contributed by atoms with E-state index in [1.807, 2.05) is 18.2 Å². The highest BCUT2D eigenvalue weighted by Crippen LogP contribution is 2.25. The lowest BCUT2D eigenvalue weighted by Crippen LogP contribution is -2.35. The molecule has 6 heteroatoms. The van der Waals surface area contributed by atoms with Gasteiger partial charge in [0.15, 0.2) is 5.69 Å². The first kappa shape index (κ1) is 14.7. The Labute approximate surface area is 128 Å². The van der Waals surface area contributed by atoms with Crippen molar-refractivity contribution >= 4 is 5.97 Å². The van der Waals surface area contributed by atoms with Gasteiger partial charge >= 0.3 is 5.97 Å². The molecule has 0 radical (unpaired) electrons. The van der Waals surface area contributed by atoms with Crippen molar-refractivity contribution in [2.75, 3.05) is 26.3 Å². The van der Waals surface area contributed by atoms with Gasteiger partial charge in [-0.3, -0.25) is 9.58 Å². The molecule has 0 bridgehead atoms. The fourth-order valence-electron chi connectivity index (χ4n) is 2.73. The monoisotopic (exact) mass is 301 g/mol. The van der Waals surface area contributed by atoms with E-state index in [1.54, 1.807) is 17.8 Å². The first-order valence-corrected chi connectivity index (χ1v) is 7.31. The van der Waals surface area contributed by atoms with Crippen molar-refractivity contribution in [1.82, 2.24) is 14.7 Å². The molecule has 1 fully saturated rings. The van der Waals surface area contributed by atoms with E-state index in [2.05, 4.69) is 16.1 Å². The van der Waals surface area contributed by atoms with Crippen LogP contribution in [0.2, 0.25) is 0 Å². The van der Waals surface area contributed by atoms with E-state index in [4.69, 9.17) is 9.84 Å². The van der Waals surface area contributed by atoms with Gasteiger partial charge in [0, 0.05) is 32.2 Å². The van der Waals surface area contributed by atoms with Crippen LogP contribution >= 0.6 is 0 Å². The Morgan fingerprint density at radius 2 is 2.05 bits per heavy atom. The molecular formula is C16H19N3O3. The lowest BCUT2D eigenvalue weighted by molar-refractivity contribution is 0.0342. The predicted molar refractivity (Wildman–Crippen MR) is 81.7 cm³/mol. The second-order valence-corrected chi connectivity index (χ2v) is 5.39. The number of morpholine rings is 1. The molecule has 0 unspecified atom stereocenters. The van der Waals surface area contributed by atoms with Gasteiger partial charge in [-0.2, -0.15) is 5.10 Å². The molecule has 1 aromatic carbocycles. The van der Waals surface area contributed by atoms with Crippen LogP contribution in [-0.4, -0.2) is 52.1 Å². The highest BCUT2D eigenvalue weighted by Gasteiger charge is 2.17. The quantitative estimate of drug-likeness (QED) is 0.929. The summed E-state index contributed by atoms with van der Waals surface area (Å²) in [5, 5.41) is 13.2. The first-order chi connectivity index (χ1) is 10.6. The second kappa shape index (κ2) is 6.29. The molecule has 2 aromatic rings. The minimum Gasteiger partial charge on any atom is -0.476 e. The molecule has 1 aliphatic heterocycles. The SMILES string of the molecule is Cn1nc(C(=O)O)cc1-c1ccccc1CN1CCOCC1. The van der Waals surface area contributed by atoms with Crippen LogP contribution in [0.3, 0.4) is 0 Å². The molecule has 0 spiro atoms. The van der Waals surface area contributed by atoms with Crippen LogP contribution in [0.4, 0.5) is 0 Å². The molecular weight excluding hydrogens is 282 g/mol. The van der Waals surface area contributed by atoms with Crippen molar-refractivity contribution in [1.29, 1.82) is 0 Å². The average molecular weight is 301 g/mol. The Hall–Kier alpha value is -2.18.